The number of ether oxygens (including phenoxy) is 1. The lowest BCUT2D eigenvalue weighted by molar-refractivity contribution is 0.0676. The van der Waals surface area contributed by atoms with Crippen molar-refractivity contribution in [2.75, 3.05) is 19.7 Å². The van der Waals surface area contributed by atoms with E-state index in [-0.39, 0.29) is 18.3 Å². The number of nitrogens with one attached hydrogen (secondary N) is 1. The van der Waals surface area contributed by atoms with Crippen LogP contribution in [0, 0.1) is 0 Å². The first-order valence-electron chi connectivity index (χ1n) is 7.56. The largest absolute Gasteiger partial charge is 0.493 e. The molecule has 2 fully saturated rings. The predicted octanol–water partition coefficient (Wildman–Crippen LogP) is 2.47. The summed E-state index contributed by atoms with van der Waals surface area (Å²) < 4.78 is 5.61. The van der Waals surface area contributed by atoms with Crippen molar-refractivity contribution in [1.82, 2.24) is 10.2 Å². The normalized spacial score (nSPS) is 24.1. The number of nitrogens with zero attached hydrogens (tertiary/aromatic N) is 1. The van der Waals surface area contributed by atoms with Crippen LogP contribution in [0.4, 0.5) is 0 Å². The van der Waals surface area contributed by atoms with Crippen LogP contribution >= 0.6 is 12.4 Å². The van der Waals surface area contributed by atoms with Gasteiger partial charge in [-0.15, -0.1) is 12.4 Å². The minimum atomic E-state index is 0. The van der Waals surface area contributed by atoms with E-state index in [1.807, 2.05) is 31.2 Å². The van der Waals surface area contributed by atoms with Gasteiger partial charge in [-0.05, 0) is 44.9 Å². The first kappa shape index (κ1) is 16.1. The second-order valence-corrected chi connectivity index (χ2v) is 5.52. The van der Waals surface area contributed by atoms with Crippen molar-refractivity contribution >= 4 is 18.3 Å². The number of amides is 1. The molecule has 0 saturated carbocycles. The second-order valence-electron chi connectivity index (χ2n) is 5.52. The van der Waals surface area contributed by atoms with E-state index in [1.165, 1.54) is 0 Å². The predicted molar refractivity (Wildman–Crippen MR) is 85.3 cm³/mol. The van der Waals surface area contributed by atoms with Crippen LogP contribution in [0.15, 0.2) is 24.3 Å². The fourth-order valence-electron chi connectivity index (χ4n) is 3.38. The van der Waals surface area contributed by atoms with Crippen molar-refractivity contribution in [3.63, 3.8) is 0 Å². The van der Waals surface area contributed by atoms with Crippen LogP contribution in [-0.2, 0) is 0 Å². The molecule has 2 heterocycles. The van der Waals surface area contributed by atoms with E-state index >= 15 is 0 Å². The Bertz CT molecular complexity index is 481. The van der Waals surface area contributed by atoms with Gasteiger partial charge in [-0.3, -0.25) is 4.79 Å². The maximum absolute atomic E-state index is 12.9. The van der Waals surface area contributed by atoms with Crippen molar-refractivity contribution in [3.8, 4) is 5.75 Å². The molecular formula is C16H23ClN2O2. The molecule has 1 aromatic carbocycles. The number of carbonyl (C=O) groups excluding carboxylic acids is 1. The molecule has 2 aliphatic heterocycles. The van der Waals surface area contributed by atoms with Crippen LogP contribution in [-0.4, -0.2) is 42.6 Å². The van der Waals surface area contributed by atoms with Crippen LogP contribution in [0.3, 0.4) is 0 Å². The van der Waals surface area contributed by atoms with Crippen LogP contribution in [0.2, 0.25) is 0 Å². The minimum Gasteiger partial charge on any atom is -0.493 e. The molecule has 3 rings (SSSR count). The number of fused-ring (bicyclic) bond motifs is 2. The highest BCUT2D eigenvalue weighted by atomic mass is 35.5. The highest BCUT2D eigenvalue weighted by Crippen LogP contribution is 2.31. The van der Waals surface area contributed by atoms with E-state index in [0.717, 1.165) is 32.4 Å². The van der Waals surface area contributed by atoms with Gasteiger partial charge in [0.05, 0.1) is 12.2 Å². The summed E-state index contributed by atoms with van der Waals surface area (Å²) in [6.07, 6.45) is 3.30. The molecule has 2 aliphatic rings. The van der Waals surface area contributed by atoms with Crippen molar-refractivity contribution in [1.29, 1.82) is 0 Å². The average molecular weight is 311 g/mol. The smallest absolute Gasteiger partial charge is 0.258 e. The summed E-state index contributed by atoms with van der Waals surface area (Å²) in [5.74, 6) is 0.835. The highest BCUT2D eigenvalue weighted by Gasteiger charge is 2.38. The summed E-state index contributed by atoms with van der Waals surface area (Å²) in [5.41, 5.74) is 0.702. The Morgan fingerprint density at radius 2 is 2.05 bits per heavy atom. The Kier molecular flexibility index (Phi) is 5.48. The quantitative estimate of drug-likeness (QED) is 0.932. The zero-order valence-corrected chi connectivity index (χ0v) is 13.2. The maximum atomic E-state index is 12.9. The number of rotatable bonds is 3. The molecule has 0 aliphatic carbocycles. The van der Waals surface area contributed by atoms with Gasteiger partial charge in [-0.1, -0.05) is 12.1 Å². The van der Waals surface area contributed by atoms with Crippen LogP contribution in [0.25, 0.3) is 0 Å². The molecule has 1 amide bonds. The number of para-hydroxylation sites is 1. The van der Waals surface area contributed by atoms with Gasteiger partial charge >= 0.3 is 0 Å². The number of hydrogen-bond donors (Lipinski definition) is 1. The Morgan fingerprint density at radius 1 is 1.29 bits per heavy atom. The fraction of sp³-hybridized carbons (Fsp3) is 0.562. The van der Waals surface area contributed by atoms with E-state index < -0.39 is 0 Å². The molecule has 2 bridgehead atoms. The van der Waals surface area contributed by atoms with Crippen LogP contribution in [0.1, 0.15) is 36.5 Å². The number of carbonyl (C=O) groups is 1. The summed E-state index contributed by atoms with van der Waals surface area (Å²) in [6.45, 7) is 4.45. The van der Waals surface area contributed by atoms with Gasteiger partial charge < -0.3 is 15.0 Å². The number of benzene rings is 1. The van der Waals surface area contributed by atoms with E-state index in [1.54, 1.807) is 0 Å². The molecule has 2 saturated heterocycles. The highest BCUT2D eigenvalue weighted by molar-refractivity contribution is 5.97. The zero-order valence-electron chi connectivity index (χ0n) is 12.4. The van der Waals surface area contributed by atoms with Crippen molar-refractivity contribution in [2.24, 2.45) is 0 Å². The Hall–Kier alpha value is -1.26. The summed E-state index contributed by atoms with van der Waals surface area (Å²) in [4.78, 5) is 15.0. The lowest BCUT2D eigenvalue weighted by Crippen LogP contribution is -2.42. The topological polar surface area (TPSA) is 41.6 Å². The third-order valence-electron chi connectivity index (χ3n) is 4.31. The molecule has 5 heteroatoms. The molecule has 4 nitrogen and oxygen atoms in total. The van der Waals surface area contributed by atoms with Gasteiger partial charge in [0.1, 0.15) is 5.75 Å². The van der Waals surface area contributed by atoms with Crippen molar-refractivity contribution < 1.29 is 9.53 Å². The Morgan fingerprint density at radius 3 is 2.86 bits per heavy atom. The summed E-state index contributed by atoms with van der Waals surface area (Å²) >= 11 is 0. The van der Waals surface area contributed by atoms with E-state index in [0.29, 0.717) is 30.0 Å². The lowest BCUT2D eigenvalue weighted by Gasteiger charge is -2.28. The van der Waals surface area contributed by atoms with Crippen molar-refractivity contribution in [2.45, 2.75) is 38.3 Å². The lowest BCUT2D eigenvalue weighted by atomic mass is 10.1. The van der Waals surface area contributed by atoms with Gasteiger partial charge in [-0.25, -0.2) is 0 Å². The summed E-state index contributed by atoms with van der Waals surface area (Å²) in [6, 6.07) is 8.32. The molecule has 1 aromatic rings. The molecule has 2 unspecified atom stereocenters. The third-order valence-corrected chi connectivity index (χ3v) is 4.31. The van der Waals surface area contributed by atoms with Crippen LogP contribution < -0.4 is 10.1 Å². The first-order chi connectivity index (χ1) is 9.81. The monoisotopic (exact) mass is 310 g/mol. The summed E-state index contributed by atoms with van der Waals surface area (Å²) in [5, 5.41) is 3.43. The van der Waals surface area contributed by atoms with Gasteiger partial charge in [0, 0.05) is 18.6 Å². The first-order valence-corrected chi connectivity index (χ1v) is 7.56. The molecule has 116 valence electrons. The van der Waals surface area contributed by atoms with Gasteiger partial charge in [0.25, 0.3) is 5.91 Å². The molecule has 2 atom stereocenters. The maximum Gasteiger partial charge on any atom is 0.258 e. The van der Waals surface area contributed by atoms with E-state index in [4.69, 9.17) is 4.74 Å². The van der Waals surface area contributed by atoms with Gasteiger partial charge in [0.2, 0.25) is 0 Å². The second kappa shape index (κ2) is 7.14. The molecule has 0 aromatic heterocycles. The molecule has 0 radical (unpaired) electrons. The Labute approximate surface area is 132 Å². The Balaban J connectivity index is 0.00000161. The molecule has 1 N–H and O–H groups in total. The standard InChI is InChI=1S/C16H22N2O2.ClH/c1-2-20-15-6-4-3-5-14(15)16(19)18-12-7-8-13(18)11-17-10-9-12;/h3-6,12-13,17H,2,7-11H2,1H3;1H. The summed E-state index contributed by atoms with van der Waals surface area (Å²) in [7, 11) is 0. The fourth-order valence-corrected chi connectivity index (χ4v) is 3.38. The SMILES string of the molecule is CCOc1ccccc1C(=O)N1C2CCNCC1CC2.Cl. The van der Waals surface area contributed by atoms with Crippen LogP contribution in [0.5, 0.6) is 5.75 Å². The van der Waals surface area contributed by atoms with Crippen molar-refractivity contribution in [3.05, 3.63) is 29.8 Å². The average Bonchev–Trinajstić information content (AvgIpc) is 2.72. The van der Waals surface area contributed by atoms with E-state index in [2.05, 4.69) is 10.2 Å². The third kappa shape index (κ3) is 3.16. The van der Waals surface area contributed by atoms with E-state index in [9.17, 15) is 4.79 Å². The zero-order chi connectivity index (χ0) is 13.9. The number of halogens is 1. The van der Waals surface area contributed by atoms with Gasteiger partial charge in [-0.2, -0.15) is 0 Å². The minimum absolute atomic E-state index is 0. The molecular weight excluding hydrogens is 288 g/mol. The number of hydrogen-bond acceptors (Lipinski definition) is 3. The molecule has 21 heavy (non-hydrogen) atoms. The van der Waals surface area contributed by atoms with Gasteiger partial charge in [0.15, 0.2) is 0 Å². The molecule has 0 spiro atoms.